The summed E-state index contributed by atoms with van der Waals surface area (Å²) < 4.78 is 39.3. The summed E-state index contributed by atoms with van der Waals surface area (Å²) in [5.41, 5.74) is 0. The molecule has 0 spiro atoms. The molecule has 0 aliphatic rings. The van der Waals surface area contributed by atoms with Gasteiger partial charge in [0, 0.05) is 19.3 Å². The van der Waals surface area contributed by atoms with Crippen LogP contribution in [0.2, 0.25) is 0 Å². The van der Waals surface area contributed by atoms with Crippen LogP contribution in [0.5, 0.6) is 0 Å². The second kappa shape index (κ2) is 53.2. The number of esters is 3. The van der Waals surface area contributed by atoms with Crippen LogP contribution in [0.1, 0.15) is 201 Å². The lowest BCUT2D eigenvalue weighted by Crippen LogP contribution is -2.30. The molecule has 0 aromatic rings. The van der Waals surface area contributed by atoms with Gasteiger partial charge in [-0.3, -0.25) is 23.4 Å². The lowest BCUT2D eigenvalue weighted by atomic mass is 10.1. The van der Waals surface area contributed by atoms with E-state index in [1.807, 2.05) is 18.2 Å². The van der Waals surface area contributed by atoms with Crippen molar-refractivity contribution in [2.75, 3.05) is 26.4 Å². The third-order valence-corrected chi connectivity index (χ3v) is 11.8. The van der Waals surface area contributed by atoms with Crippen LogP contribution < -0.4 is 0 Å². The van der Waals surface area contributed by atoms with Crippen molar-refractivity contribution in [1.29, 1.82) is 0 Å². The van der Waals surface area contributed by atoms with Crippen LogP contribution in [0.3, 0.4) is 0 Å². The van der Waals surface area contributed by atoms with E-state index in [-0.39, 0.29) is 25.9 Å². The number of carbonyl (C=O) groups excluding carboxylic acids is 3. The normalized spacial score (nSPS) is 14.3. The molecule has 0 aliphatic carbocycles. The SMILES string of the molecule is CC/C=C\C/C=C\C/C=C\C/C=C\CCCCC(=O)OC(COC(=O)CCCCCCCCC/C=C\C/C=C\CCCCC)COP(=O)(O)OCC(CO)OC(=O)CC/C=C\C/C=C\C/C=C\C/C=C\CC. The summed E-state index contributed by atoms with van der Waals surface area (Å²) in [6, 6.07) is 0. The van der Waals surface area contributed by atoms with E-state index in [9.17, 15) is 28.9 Å². The zero-order valence-electron chi connectivity index (χ0n) is 44.8. The van der Waals surface area contributed by atoms with Crippen LogP contribution in [0.15, 0.2) is 122 Å². The largest absolute Gasteiger partial charge is 0.472 e. The van der Waals surface area contributed by atoms with Gasteiger partial charge in [0.15, 0.2) is 6.10 Å². The van der Waals surface area contributed by atoms with Gasteiger partial charge in [0.2, 0.25) is 0 Å². The first kappa shape index (κ1) is 67.9. The van der Waals surface area contributed by atoms with Crippen LogP contribution in [0, 0.1) is 0 Å². The molecule has 0 aromatic heterocycles. The maximum Gasteiger partial charge on any atom is 0.472 e. The minimum Gasteiger partial charge on any atom is -0.462 e. The molecule has 3 unspecified atom stereocenters. The molecule has 3 atom stereocenters. The summed E-state index contributed by atoms with van der Waals surface area (Å²) in [4.78, 5) is 48.4. The monoisotopic (exact) mass is 1020 g/mol. The van der Waals surface area contributed by atoms with Crippen molar-refractivity contribution >= 4 is 25.7 Å². The molecule has 0 aromatic carbocycles. The minimum atomic E-state index is -4.78. The van der Waals surface area contributed by atoms with Crippen LogP contribution in [0.25, 0.3) is 0 Å². The van der Waals surface area contributed by atoms with Crippen LogP contribution >= 0.6 is 7.82 Å². The second-order valence-electron chi connectivity index (χ2n) is 17.6. The molecule has 408 valence electrons. The van der Waals surface area contributed by atoms with Crippen molar-refractivity contribution in [1.82, 2.24) is 0 Å². The van der Waals surface area contributed by atoms with E-state index < -0.39 is 57.8 Å². The maximum atomic E-state index is 12.9. The summed E-state index contributed by atoms with van der Waals surface area (Å²) >= 11 is 0. The molecule has 0 aliphatic heterocycles. The number of unbranched alkanes of at least 4 members (excludes halogenated alkanes) is 12. The van der Waals surface area contributed by atoms with Gasteiger partial charge in [0.05, 0.1) is 19.8 Å². The molecule has 72 heavy (non-hydrogen) atoms. The predicted octanol–water partition coefficient (Wildman–Crippen LogP) is 16.0. The third kappa shape index (κ3) is 50.8. The Morgan fingerprint density at radius 3 is 1.22 bits per heavy atom. The molecule has 0 fully saturated rings. The van der Waals surface area contributed by atoms with E-state index in [4.69, 9.17) is 23.3 Å². The second-order valence-corrected chi connectivity index (χ2v) is 19.1. The van der Waals surface area contributed by atoms with Gasteiger partial charge in [-0.05, 0) is 116 Å². The number of hydrogen-bond donors (Lipinski definition) is 2. The molecule has 0 radical (unpaired) electrons. The predicted molar refractivity (Wildman–Crippen MR) is 297 cm³/mol. The number of rotatable bonds is 49. The van der Waals surface area contributed by atoms with E-state index in [1.165, 1.54) is 38.5 Å². The maximum absolute atomic E-state index is 12.9. The first-order valence-electron chi connectivity index (χ1n) is 27.4. The van der Waals surface area contributed by atoms with Gasteiger partial charge in [0.1, 0.15) is 12.7 Å². The van der Waals surface area contributed by atoms with Crippen LogP contribution in [-0.4, -0.2) is 66.5 Å². The fourth-order valence-electron chi connectivity index (χ4n) is 6.74. The molecule has 0 rings (SSSR count). The van der Waals surface area contributed by atoms with Gasteiger partial charge < -0.3 is 24.2 Å². The number of phosphoric acid groups is 1. The summed E-state index contributed by atoms with van der Waals surface area (Å²) in [6.45, 7) is 4.22. The molecular weight excluding hydrogens is 928 g/mol. The average Bonchev–Trinajstić information content (AvgIpc) is 3.37. The van der Waals surface area contributed by atoms with Gasteiger partial charge in [-0.15, -0.1) is 0 Å². The Kier molecular flexibility index (Phi) is 50.1. The molecule has 12 heteroatoms. The molecular formula is C60H97O11P. The van der Waals surface area contributed by atoms with Gasteiger partial charge >= 0.3 is 25.7 Å². The van der Waals surface area contributed by atoms with Crippen molar-refractivity contribution in [3.8, 4) is 0 Å². The molecule has 0 saturated carbocycles. The lowest BCUT2D eigenvalue weighted by molar-refractivity contribution is -0.161. The fourth-order valence-corrected chi connectivity index (χ4v) is 7.53. The highest BCUT2D eigenvalue weighted by Gasteiger charge is 2.28. The van der Waals surface area contributed by atoms with E-state index in [0.29, 0.717) is 19.3 Å². The van der Waals surface area contributed by atoms with Gasteiger partial charge in [-0.2, -0.15) is 0 Å². The first-order chi connectivity index (χ1) is 35.2. The number of aliphatic hydroxyl groups excluding tert-OH is 1. The number of ether oxygens (including phenoxy) is 3. The molecule has 0 amide bonds. The standard InChI is InChI=1S/C60H97O11P/c1-4-7-10-13-16-19-22-25-27-28-30-32-34-37-40-43-46-49-58(62)67-53-57(71-60(64)51-48-45-42-39-36-33-29-26-23-20-17-14-11-8-5-2)55-69-72(65,66)68-54-56(52-61)70-59(63)50-47-44-41-38-35-31-24-21-18-15-12-9-6-3/h8-9,11-12,16-21,25-27,29,31,35-36,39,41,44,56-57,61H,4-7,10,13-15,22-24,28,30,32-34,37-38,40,42-43,45-55H2,1-3H3,(H,65,66)/b11-8-,12-9-,19-16-,20-17-,21-18-,27-25-,29-26-,35-31-,39-36-,44-41-. The highest BCUT2D eigenvalue weighted by Crippen LogP contribution is 2.43. The molecule has 2 N–H and O–H groups in total. The fraction of sp³-hybridized carbons (Fsp3) is 0.617. The quantitative estimate of drug-likeness (QED) is 0.0197. The van der Waals surface area contributed by atoms with Gasteiger partial charge in [0.25, 0.3) is 0 Å². The topological polar surface area (TPSA) is 155 Å². The zero-order chi connectivity index (χ0) is 52.7. The molecule has 0 saturated heterocycles. The Hall–Kier alpha value is -4.12. The third-order valence-electron chi connectivity index (χ3n) is 10.9. The first-order valence-corrected chi connectivity index (χ1v) is 28.9. The Bertz CT molecular complexity index is 1670. The van der Waals surface area contributed by atoms with Crippen molar-refractivity contribution in [3.63, 3.8) is 0 Å². The number of phosphoric ester groups is 1. The van der Waals surface area contributed by atoms with E-state index in [2.05, 4.69) is 124 Å². The van der Waals surface area contributed by atoms with Crippen molar-refractivity contribution in [2.24, 2.45) is 0 Å². The summed E-state index contributed by atoms with van der Waals surface area (Å²) in [5.74, 6) is -1.63. The molecule has 0 heterocycles. The Labute approximate surface area is 437 Å². The minimum absolute atomic E-state index is 0.0461. The molecule has 0 bridgehead atoms. The van der Waals surface area contributed by atoms with E-state index >= 15 is 0 Å². The van der Waals surface area contributed by atoms with Crippen molar-refractivity contribution < 1.29 is 52.2 Å². The summed E-state index contributed by atoms with van der Waals surface area (Å²) in [5, 5.41) is 9.77. The van der Waals surface area contributed by atoms with Crippen LogP contribution in [-0.2, 0) is 42.2 Å². The van der Waals surface area contributed by atoms with E-state index in [0.717, 1.165) is 103 Å². The Morgan fingerprint density at radius 1 is 0.403 bits per heavy atom. The number of allylic oxidation sites excluding steroid dienone is 20. The zero-order valence-corrected chi connectivity index (χ0v) is 45.7. The highest BCUT2D eigenvalue weighted by atomic mass is 31.2. The van der Waals surface area contributed by atoms with Crippen LogP contribution in [0.4, 0.5) is 0 Å². The summed E-state index contributed by atoms with van der Waals surface area (Å²) in [7, 11) is -4.78. The lowest BCUT2D eigenvalue weighted by Gasteiger charge is -2.21. The highest BCUT2D eigenvalue weighted by molar-refractivity contribution is 7.47. The van der Waals surface area contributed by atoms with Gasteiger partial charge in [-0.25, -0.2) is 4.57 Å². The Morgan fingerprint density at radius 2 is 0.750 bits per heavy atom. The number of hydrogen-bond acceptors (Lipinski definition) is 10. The Balaban J connectivity index is 4.88. The van der Waals surface area contributed by atoms with Crippen molar-refractivity contribution in [2.45, 2.75) is 213 Å². The van der Waals surface area contributed by atoms with E-state index in [1.54, 1.807) is 0 Å². The smallest absolute Gasteiger partial charge is 0.462 e. The number of carbonyl (C=O) groups is 3. The van der Waals surface area contributed by atoms with Gasteiger partial charge in [-0.1, -0.05) is 187 Å². The van der Waals surface area contributed by atoms with Crippen molar-refractivity contribution in [3.05, 3.63) is 122 Å². The summed E-state index contributed by atoms with van der Waals surface area (Å²) in [6.07, 6.45) is 64.7. The average molecular weight is 1030 g/mol. The molecule has 11 nitrogen and oxygen atoms in total. The number of aliphatic hydroxyl groups is 1.